The quantitative estimate of drug-likeness (QED) is 0.582. The number of para-hydroxylation sites is 1. The fourth-order valence-electron chi connectivity index (χ4n) is 2.70. The molecule has 3 aromatic rings. The molecule has 1 N–H and O–H groups in total. The molecule has 0 unspecified atom stereocenters. The van der Waals surface area contributed by atoms with Crippen molar-refractivity contribution < 1.29 is 17.9 Å². The molecule has 0 bridgehead atoms. The van der Waals surface area contributed by atoms with Crippen LogP contribution >= 0.6 is 11.6 Å². The Balaban J connectivity index is 1.62. The number of halogens is 1. The van der Waals surface area contributed by atoms with Crippen LogP contribution in [0.1, 0.15) is 5.56 Å². The second kappa shape index (κ2) is 9.19. The van der Waals surface area contributed by atoms with Crippen LogP contribution in [0.25, 0.3) is 0 Å². The SMILES string of the molecule is Cc1cc(OCC(=O)Nc2ccc(S(=O)(=O)N(C)c3ccccc3)cc2)ccc1Cl. The summed E-state index contributed by atoms with van der Waals surface area (Å²) >= 11 is 5.97. The predicted molar refractivity (Wildman–Crippen MR) is 119 cm³/mol. The Hall–Kier alpha value is -3.03. The lowest BCUT2D eigenvalue weighted by atomic mass is 10.2. The molecule has 0 atom stereocenters. The van der Waals surface area contributed by atoms with E-state index >= 15 is 0 Å². The second-order valence-electron chi connectivity index (χ2n) is 6.58. The first-order valence-corrected chi connectivity index (χ1v) is 10.9. The second-order valence-corrected chi connectivity index (χ2v) is 8.96. The van der Waals surface area contributed by atoms with E-state index in [0.717, 1.165) is 5.56 Å². The van der Waals surface area contributed by atoms with Gasteiger partial charge in [0.05, 0.1) is 10.6 Å². The number of sulfonamides is 1. The summed E-state index contributed by atoms with van der Waals surface area (Å²) in [5.74, 6) is 0.178. The number of nitrogens with zero attached hydrogens (tertiary/aromatic N) is 1. The van der Waals surface area contributed by atoms with Gasteiger partial charge < -0.3 is 10.1 Å². The average molecular weight is 445 g/mol. The molecule has 0 aromatic heterocycles. The molecule has 3 aromatic carbocycles. The van der Waals surface area contributed by atoms with Crippen molar-refractivity contribution in [3.05, 3.63) is 83.4 Å². The van der Waals surface area contributed by atoms with Crippen molar-refractivity contribution in [1.82, 2.24) is 0 Å². The summed E-state index contributed by atoms with van der Waals surface area (Å²) in [7, 11) is -2.21. The predicted octanol–water partition coefficient (Wildman–Crippen LogP) is 4.49. The molecule has 6 nitrogen and oxygen atoms in total. The van der Waals surface area contributed by atoms with Gasteiger partial charge in [-0.2, -0.15) is 0 Å². The third-order valence-electron chi connectivity index (χ3n) is 4.42. The summed E-state index contributed by atoms with van der Waals surface area (Å²) in [5.41, 5.74) is 1.88. The van der Waals surface area contributed by atoms with Crippen LogP contribution in [0.15, 0.2) is 77.7 Å². The van der Waals surface area contributed by atoms with Crippen LogP contribution in [0.3, 0.4) is 0 Å². The molecular formula is C22H21ClN2O4S. The van der Waals surface area contributed by atoms with Gasteiger partial charge in [0.15, 0.2) is 6.61 Å². The Morgan fingerprint density at radius 3 is 2.33 bits per heavy atom. The number of carbonyl (C=O) groups is 1. The standard InChI is InChI=1S/C22H21ClN2O4S/c1-16-14-19(10-13-21(16)23)29-15-22(26)24-17-8-11-20(12-9-17)30(27,28)25(2)18-6-4-3-5-7-18/h3-14H,15H2,1-2H3,(H,24,26). The molecule has 0 aliphatic rings. The van der Waals surface area contributed by atoms with Gasteiger partial charge >= 0.3 is 0 Å². The smallest absolute Gasteiger partial charge is 0.264 e. The number of hydrogen-bond acceptors (Lipinski definition) is 4. The van der Waals surface area contributed by atoms with Gasteiger partial charge in [-0.1, -0.05) is 29.8 Å². The number of benzene rings is 3. The summed E-state index contributed by atoms with van der Waals surface area (Å²) in [5, 5.41) is 3.30. The molecule has 0 saturated carbocycles. The third kappa shape index (κ3) is 5.11. The van der Waals surface area contributed by atoms with E-state index in [2.05, 4.69) is 5.32 Å². The van der Waals surface area contributed by atoms with E-state index in [1.807, 2.05) is 13.0 Å². The van der Waals surface area contributed by atoms with Crippen LogP contribution < -0.4 is 14.4 Å². The molecule has 8 heteroatoms. The van der Waals surface area contributed by atoms with Crippen LogP contribution in [0, 0.1) is 6.92 Å². The molecule has 0 spiro atoms. The Labute approximate surface area is 181 Å². The van der Waals surface area contributed by atoms with Crippen molar-refractivity contribution in [2.75, 3.05) is 23.3 Å². The molecule has 0 saturated heterocycles. The summed E-state index contributed by atoms with van der Waals surface area (Å²) in [4.78, 5) is 12.2. The molecule has 3 rings (SSSR count). The monoisotopic (exact) mass is 444 g/mol. The normalized spacial score (nSPS) is 11.0. The molecule has 0 aliphatic carbocycles. The molecule has 0 heterocycles. The molecule has 0 aliphatic heterocycles. The maximum Gasteiger partial charge on any atom is 0.264 e. The number of rotatable bonds is 7. The number of nitrogens with one attached hydrogen (secondary N) is 1. The van der Waals surface area contributed by atoms with Crippen molar-refractivity contribution in [3.63, 3.8) is 0 Å². The Morgan fingerprint density at radius 2 is 1.70 bits per heavy atom. The highest BCUT2D eigenvalue weighted by Gasteiger charge is 2.21. The number of hydrogen-bond donors (Lipinski definition) is 1. The van der Waals surface area contributed by atoms with Gasteiger partial charge in [-0.3, -0.25) is 9.10 Å². The topological polar surface area (TPSA) is 75.7 Å². The third-order valence-corrected chi connectivity index (χ3v) is 6.64. The Morgan fingerprint density at radius 1 is 1.03 bits per heavy atom. The summed E-state index contributed by atoms with van der Waals surface area (Å²) in [6, 6.07) is 19.9. The number of amides is 1. The zero-order chi connectivity index (χ0) is 21.7. The van der Waals surface area contributed by atoms with Gasteiger partial charge in [-0.15, -0.1) is 0 Å². The number of anilines is 2. The van der Waals surface area contributed by atoms with E-state index in [1.165, 1.54) is 35.6 Å². The number of aryl methyl sites for hydroxylation is 1. The van der Waals surface area contributed by atoms with Gasteiger partial charge in [0.1, 0.15) is 5.75 Å². The van der Waals surface area contributed by atoms with Gasteiger partial charge in [0, 0.05) is 17.8 Å². The minimum absolute atomic E-state index is 0.125. The lowest BCUT2D eigenvalue weighted by Gasteiger charge is -2.19. The van der Waals surface area contributed by atoms with E-state index in [-0.39, 0.29) is 17.4 Å². The van der Waals surface area contributed by atoms with Crippen LogP contribution in [0.4, 0.5) is 11.4 Å². The zero-order valence-corrected chi connectivity index (χ0v) is 18.1. The molecule has 30 heavy (non-hydrogen) atoms. The Bertz CT molecular complexity index is 1130. The van der Waals surface area contributed by atoms with Gasteiger partial charge in [-0.05, 0) is 67.1 Å². The first-order valence-electron chi connectivity index (χ1n) is 9.10. The van der Waals surface area contributed by atoms with Crippen molar-refractivity contribution >= 4 is 38.9 Å². The lowest BCUT2D eigenvalue weighted by molar-refractivity contribution is -0.118. The van der Waals surface area contributed by atoms with E-state index in [9.17, 15) is 13.2 Å². The fourth-order valence-corrected chi connectivity index (χ4v) is 4.01. The van der Waals surface area contributed by atoms with Gasteiger partial charge in [0.2, 0.25) is 0 Å². The summed E-state index contributed by atoms with van der Waals surface area (Å²) in [6.07, 6.45) is 0. The van der Waals surface area contributed by atoms with Crippen LogP contribution in [-0.2, 0) is 14.8 Å². The van der Waals surface area contributed by atoms with Gasteiger partial charge in [-0.25, -0.2) is 8.42 Å². The van der Waals surface area contributed by atoms with Crippen LogP contribution in [-0.4, -0.2) is 28.0 Å². The van der Waals surface area contributed by atoms with Crippen molar-refractivity contribution in [1.29, 1.82) is 0 Å². The zero-order valence-electron chi connectivity index (χ0n) is 16.5. The average Bonchev–Trinajstić information content (AvgIpc) is 2.75. The number of carbonyl (C=O) groups excluding carboxylic acids is 1. The maximum absolute atomic E-state index is 12.8. The summed E-state index contributed by atoms with van der Waals surface area (Å²) in [6.45, 7) is 1.66. The van der Waals surface area contributed by atoms with E-state index < -0.39 is 10.0 Å². The maximum atomic E-state index is 12.8. The first-order chi connectivity index (χ1) is 14.3. The molecule has 0 radical (unpaired) electrons. The highest BCUT2D eigenvalue weighted by atomic mass is 35.5. The van der Waals surface area contributed by atoms with Crippen molar-refractivity contribution in [3.8, 4) is 5.75 Å². The summed E-state index contributed by atoms with van der Waals surface area (Å²) < 4.78 is 32.2. The highest BCUT2D eigenvalue weighted by Crippen LogP contribution is 2.23. The molecule has 0 fully saturated rings. The van der Waals surface area contributed by atoms with Crippen LogP contribution in [0.5, 0.6) is 5.75 Å². The first kappa shape index (κ1) is 21.7. The van der Waals surface area contributed by atoms with E-state index in [0.29, 0.717) is 22.1 Å². The van der Waals surface area contributed by atoms with Gasteiger partial charge in [0.25, 0.3) is 15.9 Å². The lowest BCUT2D eigenvalue weighted by Crippen LogP contribution is -2.26. The molecule has 1 amide bonds. The van der Waals surface area contributed by atoms with Crippen molar-refractivity contribution in [2.24, 2.45) is 0 Å². The largest absolute Gasteiger partial charge is 0.484 e. The minimum atomic E-state index is -3.71. The highest BCUT2D eigenvalue weighted by molar-refractivity contribution is 7.92. The Kier molecular flexibility index (Phi) is 6.64. The molecule has 156 valence electrons. The van der Waals surface area contributed by atoms with E-state index in [1.54, 1.807) is 42.5 Å². The van der Waals surface area contributed by atoms with E-state index in [4.69, 9.17) is 16.3 Å². The fraction of sp³-hybridized carbons (Fsp3) is 0.136. The molecular weight excluding hydrogens is 424 g/mol. The van der Waals surface area contributed by atoms with Crippen molar-refractivity contribution in [2.45, 2.75) is 11.8 Å². The van der Waals surface area contributed by atoms with Crippen LogP contribution in [0.2, 0.25) is 5.02 Å². The number of ether oxygens (including phenoxy) is 1. The minimum Gasteiger partial charge on any atom is -0.484 e.